The zero-order valence-electron chi connectivity index (χ0n) is 18.0. The zero-order valence-corrected chi connectivity index (χ0v) is 19.6. The lowest BCUT2D eigenvalue weighted by Crippen LogP contribution is -2.16. The smallest absolute Gasteiger partial charge is 0.255 e. The Bertz CT molecular complexity index is 1190. The second-order valence-corrected chi connectivity index (χ2v) is 9.73. The van der Waals surface area contributed by atoms with E-state index in [-0.39, 0.29) is 12.0 Å². The molecule has 5 rings (SSSR count). The van der Waals surface area contributed by atoms with Crippen molar-refractivity contribution >= 4 is 34.7 Å². The van der Waals surface area contributed by atoms with Gasteiger partial charge in [-0.05, 0) is 54.1 Å². The van der Waals surface area contributed by atoms with Gasteiger partial charge in [0.1, 0.15) is 0 Å². The van der Waals surface area contributed by atoms with Crippen LogP contribution < -0.4 is 5.32 Å². The maximum absolute atomic E-state index is 12.5. The van der Waals surface area contributed by atoms with Gasteiger partial charge in [-0.3, -0.25) is 9.36 Å². The molecule has 0 aliphatic carbocycles. The SMILES string of the molecule is O=C(Nc1ccccc1)c1ccc(CSc2nnc(-c3cccs3)n2CC2CCCO2)cc1. The van der Waals surface area contributed by atoms with Gasteiger partial charge in [-0.25, -0.2) is 0 Å². The average molecular weight is 477 g/mol. The number of hydrogen-bond donors (Lipinski definition) is 1. The molecule has 0 radical (unpaired) electrons. The van der Waals surface area contributed by atoms with E-state index in [4.69, 9.17) is 4.74 Å². The summed E-state index contributed by atoms with van der Waals surface area (Å²) in [7, 11) is 0. The molecular formula is C25H24N4O2S2. The normalized spacial score (nSPS) is 15.6. The monoisotopic (exact) mass is 476 g/mol. The number of thioether (sulfide) groups is 1. The van der Waals surface area contributed by atoms with Gasteiger partial charge in [0.2, 0.25) is 0 Å². The second kappa shape index (κ2) is 10.3. The third kappa shape index (κ3) is 5.35. The van der Waals surface area contributed by atoms with E-state index >= 15 is 0 Å². The van der Waals surface area contributed by atoms with Crippen LogP contribution in [0.2, 0.25) is 0 Å². The molecule has 8 heteroatoms. The molecule has 0 bridgehead atoms. The standard InChI is InChI=1S/C25H24N4O2S2/c30-24(26-20-6-2-1-3-7-20)19-12-10-18(11-13-19)17-33-25-28-27-23(22-9-5-15-32-22)29(25)16-21-8-4-14-31-21/h1-3,5-7,9-13,15,21H,4,8,14,16-17H2,(H,26,30). The number of thiophene rings is 1. The quantitative estimate of drug-likeness (QED) is 0.329. The fraction of sp³-hybridized carbons (Fsp3) is 0.240. The van der Waals surface area contributed by atoms with Crippen LogP contribution in [0.25, 0.3) is 10.7 Å². The molecular weight excluding hydrogens is 452 g/mol. The molecule has 2 aromatic heterocycles. The number of nitrogens with one attached hydrogen (secondary N) is 1. The molecule has 1 amide bonds. The third-order valence-electron chi connectivity index (χ3n) is 5.48. The van der Waals surface area contributed by atoms with Crippen LogP contribution in [0.3, 0.4) is 0 Å². The molecule has 2 aromatic carbocycles. The highest BCUT2D eigenvalue weighted by molar-refractivity contribution is 7.98. The number of carbonyl (C=O) groups is 1. The van der Waals surface area contributed by atoms with Crippen molar-refractivity contribution in [3.8, 4) is 10.7 Å². The van der Waals surface area contributed by atoms with Crippen molar-refractivity contribution in [1.29, 1.82) is 0 Å². The van der Waals surface area contributed by atoms with Crippen molar-refractivity contribution in [2.75, 3.05) is 11.9 Å². The largest absolute Gasteiger partial charge is 0.376 e. The van der Waals surface area contributed by atoms with E-state index < -0.39 is 0 Å². The third-order valence-corrected chi connectivity index (χ3v) is 7.39. The molecule has 0 saturated carbocycles. The van der Waals surface area contributed by atoms with Gasteiger partial charge in [0.05, 0.1) is 17.5 Å². The van der Waals surface area contributed by atoms with Gasteiger partial charge >= 0.3 is 0 Å². The maximum atomic E-state index is 12.5. The minimum atomic E-state index is -0.114. The van der Waals surface area contributed by atoms with Gasteiger partial charge in [0, 0.05) is 23.6 Å². The molecule has 1 aliphatic rings. The van der Waals surface area contributed by atoms with E-state index in [1.54, 1.807) is 23.1 Å². The summed E-state index contributed by atoms with van der Waals surface area (Å²) in [6.07, 6.45) is 2.38. The molecule has 6 nitrogen and oxygen atoms in total. The average Bonchev–Trinajstić information content (AvgIpc) is 3.62. The van der Waals surface area contributed by atoms with Gasteiger partial charge in [0.15, 0.2) is 11.0 Å². The van der Waals surface area contributed by atoms with Gasteiger partial charge < -0.3 is 10.1 Å². The molecule has 1 unspecified atom stereocenters. The van der Waals surface area contributed by atoms with Crippen LogP contribution in [0, 0.1) is 0 Å². The first kappa shape index (κ1) is 21.9. The molecule has 168 valence electrons. The summed E-state index contributed by atoms with van der Waals surface area (Å²) >= 11 is 3.33. The lowest BCUT2D eigenvalue weighted by molar-refractivity contribution is 0.0953. The van der Waals surface area contributed by atoms with Gasteiger partial charge in [-0.1, -0.05) is 48.2 Å². The minimum Gasteiger partial charge on any atom is -0.376 e. The Morgan fingerprint density at radius 3 is 2.67 bits per heavy atom. The Balaban J connectivity index is 1.26. The number of hydrogen-bond acceptors (Lipinski definition) is 6. The Kier molecular flexibility index (Phi) is 6.85. The van der Waals surface area contributed by atoms with E-state index in [0.29, 0.717) is 5.56 Å². The molecule has 1 atom stereocenters. The predicted octanol–water partition coefficient (Wildman–Crippen LogP) is 5.73. The van der Waals surface area contributed by atoms with Crippen LogP contribution in [-0.2, 0) is 17.0 Å². The molecule has 1 aliphatic heterocycles. The summed E-state index contributed by atoms with van der Waals surface area (Å²) in [6.45, 7) is 1.59. The second-order valence-electron chi connectivity index (χ2n) is 7.83. The highest BCUT2D eigenvalue weighted by Crippen LogP contribution is 2.30. The number of benzene rings is 2. The van der Waals surface area contributed by atoms with Gasteiger partial charge in [-0.2, -0.15) is 0 Å². The van der Waals surface area contributed by atoms with Crippen molar-refractivity contribution in [3.05, 3.63) is 83.2 Å². The lowest BCUT2D eigenvalue weighted by atomic mass is 10.1. The summed E-state index contributed by atoms with van der Waals surface area (Å²) in [5, 5.41) is 14.8. The topological polar surface area (TPSA) is 69.0 Å². The van der Waals surface area contributed by atoms with Gasteiger partial charge in [-0.15, -0.1) is 21.5 Å². The van der Waals surface area contributed by atoms with Crippen molar-refractivity contribution in [2.24, 2.45) is 0 Å². The predicted molar refractivity (Wildman–Crippen MR) is 133 cm³/mol. The summed E-state index contributed by atoms with van der Waals surface area (Å²) in [5.74, 6) is 1.53. The van der Waals surface area contributed by atoms with E-state index in [1.807, 2.05) is 60.7 Å². The van der Waals surface area contributed by atoms with Crippen LogP contribution in [0.5, 0.6) is 0 Å². The number of ether oxygens (including phenoxy) is 1. The summed E-state index contributed by atoms with van der Waals surface area (Å²) in [4.78, 5) is 13.6. The molecule has 1 saturated heterocycles. The number of carbonyl (C=O) groups excluding carboxylic acids is 1. The first-order valence-corrected chi connectivity index (χ1v) is 12.8. The molecule has 1 N–H and O–H groups in total. The lowest BCUT2D eigenvalue weighted by Gasteiger charge is -2.14. The zero-order chi connectivity index (χ0) is 22.5. The highest BCUT2D eigenvalue weighted by atomic mass is 32.2. The van der Waals surface area contributed by atoms with E-state index in [9.17, 15) is 4.79 Å². The van der Waals surface area contributed by atoms with Crippen LogP contribution in [0.1, 0.15) is 28.8 Å². The van der Waals surface area contributed by atoms with E-state index in [1.165, 1.54) is 0 Å². The number of para-hydroxylation sites is 1. The number of aromatic nitrogens is 3. The number of anilines is 1. The summed E-state index contributed by atoms with van der Waals surface area (Å²) < 4.78 is 8.06. The molecule has 3 heterocycles. The van der Waals surface area contributed by atoms with E-state index in [0.717, 1.165) is 58.9 Å². The van der Waals surface area contributed by atoms with Crippen molar-refractivity contribution in [2.45, 2.75) is 36.4 Å². The van der Waals surface area contributed by atoms with Crippen LogP contribution in [-0.4, -0.2) is 33.4 Å². The highest BCUT2D eigenvalue weighted by Gasteiger charge is 2.22. The Hall–Kier alpha value is -2.94. The number of amides is 1. The molecule has 1 fully saturated rings. The summed E-state index contributed by atoms with van der Waals surface area (Å²) in [6, 6.07) is 21.3. The Labute approximate surface area is 201 Å². The first-order chi connectivity index (χ1) is 16.3. The van der Waals surface area contributed by atoms with Crippen molar-refractivity contribution in [1.82, 2.24) is 14.8 Å². The van der Waals surface area contributed by atoms with Crippen molar-refractivity contribution < 1.29 is 9.53 Å². The maximum Gasteiger partial charge on any atom is 0.255 e. The van der Waals surface area contributed by atoms with Crippen LogP contribution >= 0.6 is 23.1 Å². The Morgan fingerprint density at radius 1 is 1.09 bits per heavy atom. The first-order valence-electron chi connectivity index (χ1n) is 10.9. The fourth-order valence-corrected chi connectivity index (χ4v) is 5.39. The minimum absolute atomic E-state index is 0.114. The number of rotatable bonds is 8. The van der Waals surface area contributed by atoms with Crippen molar-refractivity contribution in [3.63, 3.8) is 0 Å². The summed E-state index contributed by atoms with van der Waals surface area (Å²) in [5.41, 5.74) is 2.55. The molecule has 0 spiro atoms. The molecule has 33 heavy (non-hydrogen) atoms. The Morgan fingerprint density at radius 2 is 1.94 bits per heavy atom. The van der Waals surface area contributed by atoms with Crippen LogP contribution in [0.15, 0.2) is 77.3 Å². The van der Waals surface area contributed by atoms with Crippen LogP contribution in [0.4, 0.5) is 5.69 Å². The van der Waals surface area contributed by atoms with Gasteiger partial charge in [0.25, 0.3) is 5.91 Å². The number of nitrogens with zero attached hydrogens (tertiary/aromatic N) is 3. The van der Waals surface area contributed by atoms with E-state index in [2.05, 4.69) is 31.5 Å². The molecule has 4 aromatic rings. The fourth-order valence-electron chi connectivity index (χ4n) is 3.77.